The number of sulfone groups is 1. The third-order valence-corrected chi connectivity index (χ3v) is 6.59. The van der Waals surface area contributed by atoms with Crippen molar-refractivity contribution >= 4 is 27.3 Å². The summed E-state index contributed by atoms with van der Waals surface area (Å²) in [6.45, 7) is 0.687. The van der Waals surface area contributed by atoms with Crippen LogP contribution in [0.4, 0.5) is 0 Å². The molecule has 0 aromatic carbocycles. The van der Waals surface area contributed by atoms with E-state index in [2.05, 4.69) is 0 Å². The van der Waals surface area contributed by atoms with Crippen LogP contribution in [-0.4, -0.2) is 48.7 Å². The van der Waals surface area contributed by atoms with Crippen molar-refractivity contribution in [1.82, 2.24) is 4.90 Å². The van der Waals surface area contributed by atoms with Crippen molar-refractivity contribution in [3.8, 4) is 0 Å². The summed E-state index contributed by atoms with van der Waals surface area (Å²) in [4.78, 5) is 14.3. The van der Waals surface area contributed by atoms with Gasteiger partial charge >= 0.3 is 0 Å². The van der Waals surface area contributed by atoms with Crippen LogP contribution < -0.4 is 0 Å². The van der Waals surface area contributed by atoms with Crippen LogP contribution in [0.2, 0.25) is 0 Å². The molecule has 2 heterocycles. The summed E-state index contributed by atoms with van der Waals surface area (Å²) < 4.78 is 24.1. The zero-order valence-electron chi connectivity index (χ0n) is 11.2. The summed E-state index contributed by atoms with van der Waals surface area (Å²) in [5.41, 5.74) is 0. The zero-order valence-corrected chi connectivity index (χ0v) is 12.8. The lowest BCUT2D eigenvalue weighted by Crippen LogP contribution is -2.51. The van der Waals surface area contributed by atoms with Crippen molar-refractivity contribution in [3.05, 3.63) is 0 Å². The van der Waals surface area contributed by atoms with Crippen LogP contribution in [0, 0.1) is 0 Å². The molecule has 2 aliphatic rings. The summed E-state index contributed by atoms with van der Waals surface area (Å²) in [6.07, 6.45) is 5.80. The Morgan fingerprint density at radius 2 is 1.89 bits per heavy atom. The average Bonchev–Trinajstić information content (AvgIpc) is 2.38. The second-order valence-electron chi connectivity index (χ2n) is 5.51. The normalized spacial score (nSPS) is 31.1. The third-order valence-electron chi connectivity index (χ3n) is 4.21. The highest BCUT2D eigenvalue weighted by atomic mass is 35.5. The number of nitrogens with zero attached hydrogens (tertiary/aromatic N) is 1. The molecule has 0 bridgehead atoms. The molecule has 0 radical (unpaired) electrons. The van der Waals surface area contributed by atoms with Gasteiger partial charge in [-0.3, -0.25) is 4.79 Å². The molecule has 0 N–H and O–H groups in total. The minimum absolute atomic E-state index is 0.135. The van der Waals surface area contributed by atoms with Crippen molar-refractivity contribution in [2.75, 3.05) is 18.2 Å². The molecule has 6 heteroatoms. The van der Waals surface area contributed by atoms with Gasteiger partial charge < -0.3 is 4.90 Å². The molecular weight excluding hydrogens is 286 g/mol. The molecule has 2 unspecified atom stereocenters. The lowest BCUT2D eigenvalue weighted by atomic mass is 9.99. The highest BCUT2D eigenvalue weighted by Crippen LogP contribution is 2.26. The van der Waals surface area contributed by atoms with Crippen LogP contribution in [-0.2, 0) is 14.6 Å². The third kappa shape index (κ3) is 3.43. The van der Waals surface area contributed by atoms with Gasteiger partial charge in [0.2, 0.25) is 5.91 Å². The molecule has 110 valence electrons. The van der Waals surface area contributed by atoms with E-state index in [1.54, 1.807) is 4.90 Å². The number of likely N-dealkylation sites (tertiary alicyclic amines) is 1. The second-order valence-corrected chi connectivity index (χ2v) is 8.19. The summed E-state index contributed by atoms with van der Waals surface area (Å²) >= 11 is 5.79. The van der Waals surface area contributed by atoms with Gasteiger partial charge in [-0.15, -0.1) is 11.6 Å². The Labute approximate surface area is 120 Å². The van der Waals surface area contributed by atoms with E-state index in [4.69, 9.17) is 11.6 Å². The minimum atomic E-state index is -3.23. The van der Waals surface area contributed by atoms with Gasteiger partial charge in [-0.25, -0.2) is 8.42 Å². The smallest absolute Gasteiger partial charge is 0.241 e. The molecule has 2 rings (SSSR count). The van der Waals surface area contributed by atoms with Crippen LogP contribution in [0.25, 0.3) is 0 Å². The van der Waals surface area contributed by atoms with Crippen LogP contribution in [0.5, 0.6) is 0 Å². The highest BCUT2D eigenvalue weighted by molar-refractivity contribution is 7.92. The molecule has 0 spiro atoms. The summed E-state index contributed by atoms with van der Waals surface area (Å²) in [5, 5.41) is -0.794. The van der Waals surface area contributed by atoms with Gasteiger partial charge in [-0.1, -0.05) is 6.42 Å². The quantitative estimate of drug-likeness (QED) is 0.749. The van der Waals surface area contributed by atoms with E-state index in [1.165, 1.54) is 0 Å². The number of hydrogen-bond donors (Lipinski definition) is 0. The van der Waals surface area contributed by atoms with Crippen molar-refractivity contribution in [3.63, 3.8) is 0 Å². The van der Waals surface area contributed by atoms with Crippen molar-refractivity contribution in [1.29, 1.82) is 0 Å². The Balaban J connectivity index is 2.12. The highest BCUT2D eigenvalue weighted by Gasteiger charge is 2.39. The van der Waals surface area contributed by atoms with Gasteiger partial charge in [0, 0.05) is 18.5 Å². The fourth-order valence-corrected chi connectivity index (χ4v) is 5.24. The van der Waals surface area contributed by atoms with Crippen LogP contribution >= 0.6 is 11.6 Å². The predicted molar refractivity (Wildman–Crippen MR) is 76.1 cm³/mol. The van der Waals surface area contributed by atoms with E-state index in [9.17, 15) is 13.2 Å². The van der Waals surface area contributed by atoms with E-state index in [0.29, 0.717) is 25.3 Å². The molecular formula is C13H22ClNO3S. The Hall–Kier alpha value is -0.290. The number of hydrogen-bond acceptors (Lipinski definition) is 3. The molecule has 2 atom stereocenters. The first kappa shape index (κ1) is 15.1. The summed E-state index contributed by atoms with van der Waals surface area (Å²) in [7, 11) is -3.23. The van der Waals surface area contributed by atoms with E-state index < -0.39 is 15.1 Å². The Bertz CT molecular complexity index is 422. The second kappa shape index (κ2) is 6.44. The fraction of sp³-hybridized carbons (Fsp3) is 0.923. The van der Waals surface area contributed by atoms with Gasteiger partial charge in [0.15, 0.2) is 9.84 Å². The number of alkyl halides is 1. The van der Waals surface area contributed by atoms with Crippen molar-refractivity contribution in [2.45, 2.75) is 56.2 Å². The van der Waals surface area contributed by atoms with Crippen molar-refractivity contribution < 1.29 is 13.2 Å². The topological polar surface area (TPSA) is 54.5 Å². The standard InChI is InChI=1S/C13H22ClNO3S/c14-8-7-11-5-1-3-9-15(11)13(16)12-6-2-4-10-19(12,17)18/h11-12H,1-10H2. The SMILES string of the molecule is O=C(C1CCCCS1(=O)=O)N1CCCCC1CCCl. The molecule has 0 aromatic rings. The maximum absolute atomic E-state index is 12.6. The molecule has 0 aliphatic carbocycles. The number of amides is 1. The first-order valence-corrected chi connectivity index (χ1v) is 9.39. The van der Waals surface area contributed by atoms with E-state index in [0.717, 1.165) is 32.1 Å². The molecule has 2 aliphatic heterocycles. The molecule has 0 aromatic heterocycles. The monoisotopic (exact) mass is 307 g/mol. The molecule has 4 nitrogen and oxygen atoms in total. The lowest BCUT2D eigenvalue weighted by Gasteiger charge is -2.38. The number of rotatable bonds is 3. The largest absolute Gasteiger partial charge is 0.339 e. The maximum Gasteiger partial charge on any atom is 0.241 e. The van der Waals surface area contributed by atoms with E-state index in [-0.39, 0.29) is 17.7 Å². The summed E-state index contributed by atoms with van der Waals surface area (Å²) in [6, 6.07) is 0.135. The Morgan fingerprint density at radius 1 is 1.16 bits per heavy atom. The van der Waals surface area contributed by atoms with Gasteiger partial charge in [-0.05, 0) is 38.5 Å². The van der Waals surface area contributed by atoms with Gasteiger partial charge in [0.1, 0.15) is 5.25 Å². The Kier molecular flexibility index (Phi) is 5.12. The fourth-order valence-electron chi connectivity index (χ4n) is 3.13. The van der Waals surface area contributed by atoms with Crippen LogP contribution in [0.15, 0.2) is 0 Å². The van der Waals surface area contributed by atoms with E-state index in [1.807, 2.05) is 0 Å². The molecule has 1 amide bonds. The van der Waals surface area contributed by atoms with Gasteiger partial charge in [-0.2, -0.15) is 0 Å². The number of halogens is 1. The number of piperidine rings is 1. The first-order valence-electron chi connectivity index (χ1n) is 7.14. The molecule has 2 fully saturated rings. The molecule has 0 saturated carbocycles. The zero-order chi connectivity index (χ0) is 13.9. The lowest BCUT2D eigenvalue weighted by molar-refractivity contribution is -0.134. The average molecular weight is 308 g/mol. The van der Waals surface area contributed by atoms with Crippen molar-refractivity contribution in [2.24, 2.45) is 0 Å². The van der Waals surface area contributed by atoms with Crippen LogP contribution in [0.1, 0.15) is 44.9 Å². The number of carbonyl (C=O) groups excluding carboxylic acids is 1. The molecule has 19 heavy (non-hydrogen) atoms. The number of carbonyl (C=O) groups is 1. The van der Waals surface area contributed by atoms with Gasteiger partial charge in [0.25, 0.3) is 0 Å². The van der Waals surface area contributed by atoms with Crippen LogP contribution in [0.3, 0.4) is 0 Å². The predicted octanol–water partition coefficient (Wildman–Crippen LogP) is 1.96. The minimum Gasteiger partial charge on any atom is -0.339 e. The maximum atomic E-state index is 12.6. The first-order chi connectivity index (χ1) is 9.06. The molecule has 2 saturated heterocycles. The Morgan fingerprint density at radius 3 is 2.58 bits per heavy atom. The van der Waals surface area contributed by atoms with Gasteiger partial charge in [0.05, 0.1) is 5.75 Å². The summed E-state index contributed by atoms with van der Waals surface area (Å²) in [5.74, 6) is 0.512. The van der Waals surface area contributed by atoms with E-state index >= 15 is 0 Å².